The topological polar surface area (TPSA) is 110 Å². The van der Waals surface area contributed by atoms with Gasteiger partial charge in [-0.2, -0.15) is 0 Å². The number of hydrogen-bond acceptors (Lipinski definition) is 5. The zero-order valence-electron chi connectivity index (χ0n) is 17.8. The normalized spacial score (nSPS) is 15.3. The molecule has 9 heteroatoms. The second kappa shape index (κ2) is 9.41. The molecule has 0 heterocycles. The molecule has 0 saturated carbocycles. The molecule has 1 unspecified atom stereocenters. The Balaban J connectivity index is 1.63. The van der Waals surface area contributed by atoms with Crippen molar-refractivity contribution in [2.24, 2.45) is 0 Å². The summed E-state index contributed by atoms with van der Waals surface area (Å²) < 4.78 is 27.8. The van der Waals surface area contributed by atoms with Crippen LogP contribution in [-0.2, 0) is 21.2 Å². The van der Waals surface area contributed by atoms with Crippen LogP contribution >= 0.6 is 0 Å². The van der Waals surface area contributed by atoms with Crippen LogP contribution in [0.1, 0.15) is 30.0 Å². The maximum Gasteiger partial charge on any atom is 0.269 e. The van der Waals surface area contributed by atoms with Crippen molar-refractivity contribution in [1.82, 2.24) is 5.32 Å². The summed E-state index contributed by atoms with van der Waals surface area (Å²) in [6, 6.07) is 20.6. The molecule has 1 amide bonds. The molecule has 0 radical (unpaired) electrons. The summed E-state index contributed by atoms with van der Waals surface area (Å²) in [7, 11) is -4.08. The van der Waals surface area contributed by atoms with Crippen molar-refractivity contribution in [2.45, 2.75) is 30.2 Å². The minimum atomic E-state index is -4.08. The van der Waals surface area contributed by atoms with Gasteiger partial charge in [-0.3, -0.25) is 19.2 Å². The molecule has 170 valence electrons. The lowest BCUT2D eigenvalue weighted by Gasteiger charge is -2.28. The Labute approximate surface area is 192 Å². The number of rotatable bonds is 7. The van der Waals surface area contributed by atoms with E-state index < -0.39 is 27.4 Å². The summed E-state index contributed by atoms with van der Waals surface area (Å²) in [5, 5.41) is 14.0. The third-order valence-corrected chi connectivity index (χ3v) is 7.46. The fourth-order valence-electron chi connectivity index (χ4n) is 4.05. The minimum absolute atomic E-state index is 0.0270. The third-order valence-electron chi connectivity index (χ3n) is 5.67. The van der Waals surface area contributed by atoms with Gasteiger partial charge in [-0.25, -0.2) is 8.42 Å². The molecule has 1 aliphatic carbocycles. The van der Waals surface area contributed by atoms with E-state index in [1.165, 1.54) is 42.0 Å². The molecule has 33 heavy (non-hydrogen) atoms. The smallest absolute Gasteiger partial charge is 0.269 e. The lowest BCUT2D eigenvalue weighted by molar-refractivity contribution is -0.384. The Kier molecular flexibility index (Phi) is 6.41. The standard InChI is InChI=1S/C24H23N3O5S/c28-24(25-23-12-6-8-18-7-4-5-11-22(18)23)17-26(19-13-15-20(16-14-19)27(29)30)33(31,32)21-9-2-1-3-10-21/h1-5,7,9-11,13-16,23H,6,8,12,17H2,(H,25,28). The van der Waals surface area contributed by atoms with Gasteiger partial charge in [0.25, 0.3) is 15.7 Å². The lowest BCUT2D eigenvalue weighted by Crippen LogP contribution is -2.42. The Morgan fingerprint density at radius 1 is 1.00 bits per heavy atom. The monoisotopic (exact) mass is 465 g/mol. The van der Waals surface area contributed by atoms with Crippen molar-refractivity contribution in [1.29, 1.82) is 0 Å². The van der Waals surface area contributed by atoms with Gasteiger partial charge in [0.1, 0.15) is 6.54 Å². The number of aryl methyl sites for hydroxylation is 1. The molecule has 1 aliphatic rings. The molecule has 4 rings (SSSR count). The molecule has 0 bridgehead atoms. The van der Waals surface area contributed by atoms with Crippen LogP contribution in [-0.4, -0.2) is 25.8 Å². The Morgan fingerprint density at radius 3 is 2.36 bits per heavy atom. The van der Waals surface area contributed by atoms with Crippen LogP contribution in [0.25, 0.3) is 0 Å². The Morgan fingerprint density at radius 2 is 1.67 bits per heavy atom. The molecule has 0 saturated heterocycles. The average molecular weight is 466 g/mol. The second-order valence-corrected chi connectivity index (χ2v) is 9.67. The number of nitro groups is 1. The van der Waals surface area contributed by atoms with Crippen molar-refractivity contribution in [2.75, 3.05) is 10.8 Å². The quantitative estimate of drug-likeness (QED) is 0.419. The number of nitrogens with one attached hydrogen (secondary N) is 1. The molecule has 0 aromatic heterocycles. The number of nitro benzene ring substituents is 1. The lowest BCUT2D eigenvalue weighted by atomic mass is 9.88. The first-order chi connectivity index (χ1) is 15.9. The zero-order valence-corrected chi connectivity index (χ0v) is 18.6. The highest BCUT2D eigenvalue weighted by Gasteiger charge is 2.29. The Hall–Kier alpha value is -3.72. The van der Waals surface area contributed by atoms with Crippen LogP contribution in [0.4, 0.5) is 11.4 Å². The molecule has 3 aromatic carbocycles. The van der Waals surface area contributed by atoms with E-state index in [-0.39, 0.29) is 22.3 Å². The first-order valence-corrected chi connectivity index (χ1v) is 12.0. The number of anilines is 1. The number of sulfonamides is 1. The van der Waals surface area contributed by atoms with Gasteiger partial charge in [-0.1, -0.05) is 42.5 Å². The first-order valence-electron chi connectivity index (χ1n) is 10.6. The summed E-state index contributed by atoms with van der Waals surface area (Å²) >= 11 is 0. The fraction of sp³-hybridized carbons (Fsp3) is 0.208. The molecule has 8 nitrogen and oxygen atoms in total. The minimum Gasteiger partial charge on any atom is -0.348 e. The molecule has 3 aromatic rings. The third kappa shape index (κ3) is 4.88. The average Bonchev–Trinajstić information content (AvgIpc) is 2.83. The van der Waals surface area contributed by atoms with Crippen LogP contribution < -0.4 is 9.62 Å². The predicted octanol–water partition coefficient (Wildman–Crippen LogP) is 3.98. The summed E-state index contributed by atoms with van der Waals surface area (Å²) in [5.74, 6) is -0.449. The number of carbonyl (C=O) groups is 1. The van der Waals surface area contributed by atoms with Crippen LogP contribution in [0.2, 0.25) is 0 Å². The van der Waals surface area contributed by atoms with E-state index >= 15 is 0 Å². The first kappa shape index (κ1) is 22.5. The van der Waals surface area contributed by atoms with Crippen molar-refractivity contribution in [3.8, 4) is 0 Å². The zero-order chi connectivity index (χ0) is 23.4. The summed E-state index contributed by atoms with van der Waals surface area (Å²) in [4.78, 5) is 23.5. The maximum absolute atomic E-state index is 13.4. The molecular formula is C24H23N3O5S. The molecule has 0 aliphatic heterocycles. The van der Waals surface area contributed by atoms with Gasteiger partial charge >= 0.3 is 0 Å². The van der Waals surface area contributed by atoms with Crippen LogP contribution in [0.5, 0.6) is 0 Å². The van der Waals surface area contributed by atoms with Gasteiger partial charge in [0.2, 0.25) is 5.91 Å². The van der Waals surface area contributed by atoms with E-state index in [2.05, 4.69) is 5.32 Å². The predicted molar refractivity (Wildman–Crippen MR) is 124 cm³/mol. The van der Waals surface area contributed by atoms with Crippen molar-refractivity contribution in [3.05, 3.63) is 100 Å². The number of hydrogen-bond donors (Lipinski definition) is 1. The van der Waals surface area contributed by atoms with Crippen LogP contribution in [0.15, 0.2) is 83.8 Å². The fourth-order valence-corrected chi connectivity index (χ4v) is 5.49. The summed E-state index contributed by atoms with van der Waals surface area (Å²) in [6.07, 6.45) is 2.64. The van der Waals surface area contributed by atoms with Gasteiger partial charge in [0.15, 0.2) is 0 Å². The highest BCUT2D eigenvalue weighted by atomic mass is 32.2. The molecule has 1 atom stereocenters. The summed E-state index contributed by atoms with van der Waals surface area (Å²) in [5.41, 5.74) is 2.23. The number of carbonyl (C=O) groups excluding carboxylic acids is 1. The van der Waals surface area contributed by atoms with E-state index in [4.69, 9.17) is 0 Å². The van der Waals surface area contributed by atoms with Gasteiger partial charge in [0.05, 0.1) is 21.5 Å². The molecule has 0 fully saturated rings. The molecule has 0 spiro atoms. The van der Waals surface area contributed by atoms with Gasteiger partial charge in [-0.05, 0) is 54.7 Å². The van der Waals surface area contributed by atoms with E-state index in [9.17, 15) is 23.3 Å². The highest BCUT2D eigenvalue weighted by Crippen LogP contribution is 2.30. The number of non-ortho nitro benzene ring substituents is 1. The van der Waals surface area contributed by atoms with Crippen molar-refractivity contribution >= 4 is 27.3 Å². The van der Waals surface area contributed by atoms with Crippen LogP contribution in [0.3, 0.4) is 0 Å². The molecular weight excluding hydrogens is 442 g/mol. The van der Waals surface area contributed by atoms with E-state index in [0.29, 0.717) is 0 Å². The van der Waals surface area contributed by atoms with Crippen molar-refractivity contribution < 1.29 is 18.1 Å². The largest absolute Gasteiger partial charge is 0.348 e. The maximum atomic E-state index is 13.4. The van der Waals surface area contributed by atoms with Gasteiger partial charge in [-0.15, -0.1) is 0 Å². The van der Waals surface area contributed by atoms with E-state index in [1.807, 2.05) is 24.3 Å². The number of fused-ring (bicyclic) bond motifs is 1. The number of benzene rings is 3. The highest BCUT2D eigenvalue weighted by molar-refractivity contribution is 7.92. The number of amides is 1. The summed E-state index contributed by atoms with van der Waals surface area (Å²) in [6.45, 7) is -0.451. The van der Waals surface area contributed by atoms with Crippen LogP contribution in [0, 0.1) is 10.1 Å². The number of nitrogens with zero attached hydrogens (tertiary/aromatic N) is 2. The molecule has 1 N–H and O–H groups in total. The Bertz CT molecular complexity index is 1260. The van der Waals surface area contributed by atoms with E-state index in [1.54, 1.807) is 18.2 Å². The van der Waals surface area contributed by atoms with Crippen molar-refractivity contribution in [3.63, 3.8) is 0 Å². The second-order valence-electron chi connectivity index (χ2n) is 7.81. The van der Waals surface area contributed by atoms with Gasteiger partial charge < -0.3 is 5.32 Å². The van der Waals surface area contributed by atoms with E-state index in [0.717, 1.165) is 29.1 Å². The SMILES string of the molecule is O=C(CN(c1ccc([N+](=O)[O-])cc1)S(=O)(=O)c1ccccc1)NC1CCCc2ccccc21. The van der Waals surface area contributed by atoms with Gasteiger partial charge in [0, 0.05) is 12.1 Å².